The van der Waals surface area contributed by atoms with Gasteiger partial charge in [0.05, 0.1) is 48.5 Å². The van der Waals surface area contributed by atoms with Gasteiger partial charge < -0.3 is 38.9 Å². The molecule has 2 aromatic rings. The Bertz CT molecular complexity index is 1410. The van der Waals surface area contributed by atoms with E-state index in [0.29, 0.717) is 47.5 Å². The van der Waals surface area contributed by atoms with Gasteiger partial charge in [0.2, 0.25) is 26.2 Å². The predicted molar refractivity (Wildman–Crippen MR) is 165 cm³/mol. The molecule has 0 heterocycles. The first kappa shape index (κ1) is 45.1. The summed E-state index contributed by atoms with van der Waals surface area (Å²) in [6, 6.07) is 14.0. The van der Waals surface area contributed by atoms with Gasteiger partial charge >= 0.3 is 66.2 Å². The van der Waals surface area contributed by atoms with Crippen LogP contribution >= 0.6 is 46.9 Å². The van der Waals surface area contributed by atoms with Crippen molar-refractivity contribution in [3.63, 3.8) is 0 Å². The monoisotopic (exact) mass is 772 g/mol. The molecule has 2 rings (SSSR count). The van der Waals surface area contributed by atoms with Crippen LogP contribution in [-0.2, 0) is 32.2 Å². The Hall–Kier alpha value is 0.0600. The fraction of sp³-hybridized carbons (Fsp3) is 0.300. The Morgan fingerprint density at radius 1 is 1.09 bits per heavy atom. The minimum Gasteiger partial charge on any atom is -0.778 e. The van der Waals surface area contributed by atoms with E-state index < -0.39 is 47.3 Å². The van der Waals surface area contributed by atoms with Crippen molar-refractivity contribution in [2.24, 2.45) is 14.5 Å². The first-order valence-electron chi connectivity index (χ1n) is 11.7. The summed E-state index contributed by atoms with van der Waals surface area (Å²) < 4.78 is 33.4. The average Bonchev–Trinajstić information content (AvgIpc) is 2.91. The van der Waals surface area contributed by atoms with Crippen LogP contribution in [0.25, 0.3) is 0 Å². The van der Waals surface area contributed by atoms with Gasteiger partial charge in [-0.05, 0) is 58.9 Å². The van der Waals surface area contributed by atoms with Gasteiger partial charge in [-0.2, -0.15) is 4.52 Å². The van der Waals surface area contributed by atoms with Gasteiger partial charge in [-0.3, -0.25) is 19.4 Å². The maximum Gasteiger partial charge on any atom is 1.00 e. The maximum atomic E-state index is 12.1. The van der Waals surface area contributed by atoms with E-state index in [9.17, 15) is 23.7 Å². The summed E-state index contributed by atoms with van der Waals surface area (Å²) in [6.07, 6.45) is -0.191. The van der Waals surface area contributed by atoms with Crippen molar-refractivity contribution in [1.29, 1.82) is 5.16 Å². The number of carbonyl (C=O) groups is 1. The smallest absolute Gasteiger partial charge is 0.778 e. The minimum atomic E-state index is -4.90. The van der Waals surface area contributed by atoms with Crippen molar-refractivity contribution in [3.05, 3.63) is 59.7 Å². The molecule has 0 saturated carbocycles. The topological polar surface area (TPSA) is 236 Å². The number of hydrogen-bond donors (Lipinski definition) is 4. The van der Waals surface area contributed by atoms with E-state index >= 15 is 0 Å². The Morgan fingerprint density at radius 2 is 1.67 bits per heavy atom. The van der Waals surface area contributed by atoms with Crippen LogP contribution < -0.4 is 83.6 Å². The van der Waals surface area contributed by atoms with Crippen LogP contribution in [0, 0.1) is 5.16 Å². The Labute approximate surface area is 314 Å². The third-order valence-electron chi connectivity index (χ3n) is 4.77. The molecule has 2 aromatic carbocycles. The van der Waals surface area contributed by atoms with Crippen molar-refractivity contribution in [1.82, 2.24) is 15.0 Å². The summed E-state index contributed by atoms with van der Waals surface area (Å²) in [4.78, 5) is 61.8. The molecule has 232 valence electrons. The first-order chi connectivity index (χ1) is 20.2. The van der Waals surface area contributed by atoms with Gasteiger partial charge in [0.1, 0.15) is 15.2 Å². The van der Waals surface area contributed by atoms with E-state index in [1.165, 1.54) is 4.78 Å². The fourth-order valence-corrected chi connectivity index (χ4v) is 6.80. The standard InChI is InChI=1S/C20H27N7O9P6S.2Na/c1-26(23-12-17-4-6-18(7-5-17)35-24-38-25-39-37-21)40(43)36-19-8-2-16(3-9-19)10-11-22-20(28)13-27(14-41(29,30)31)15-42(32,33)34;;/h2-9,12,21H,10-11,13-15H2,1H3,(H4-,22,28,29,30,31,32,33,34);;/q;2*+1/p-1. The van der Waals surface area contributed by atoms with Gasteiger partial charge in [-0.15, -0.1) is 5.10 Å². The van der Waals surface area contributed by atoms with E-state index in [4.69, 9.17) is 36.1 Å². The largest absolute Gasteiger partial charge is 1.00 e. The Kier molecular flexibility index (Phi) is 23.5. The third kappa shape index (κ3) is 21.6. The molecular formula is C20H26N7Na2O9P6S+. The van der Waals surface area contributed by atoms with Crippen LogP contribution in [0.3, 0.4) is 0 Å². The second-order valence-corrected chi connectivity index (χ2v) is 16.2. The first-order valence-corrected chi connectivity index (χ1v) is 20.7. The van der Waals surface area contributed by atoms with Gasteiger partial charge in [0.25, 0.3) is 0 Å². The van der Waals surface area contributed by atoms with Gasteiger partial charge in [-0.25, -0.2) is 0 Å². The number of hydrazone groups is 1. The molecule has 25 heteroatoms. The number of benzene rings is 2. The van der Waals surface area contributed by atoms with Crippen LogP contribution in [0.5, 0.6) is 11.5 Å². The molecule has 0 radical (unpaired) electrons. The summed E-state index contributed by atoms with van der Waals surface area (Å²) >= 11 is 5.43. The molecule has 0 aromatic heterocycles. The molecular weight excluding hydrogens is 746 g/mol. The van der Waals surface area contributed by atoms with Crippen molar-refractivity contribution in [2.75, 3.05) is 32.7 Å². The molecule has 0 fully saturated rings. The molecule has 0 bridgehead atoms. The SMILES string of the molecule is CN(N=Cc1ccc(ON=PN=PP=N)cc1)[P+](=S)Oc1ccc(CCNC(=O)CN(CP(=O)([O-])O)CP(=O)([O-])O)cc1.[Na+].[Na+]. The average molecular weight is 772 g/mol. The number of hydrogen-bond acceptors (Lipinski definition) is 12. The van der Waals surface area contributed by atoms with Crippen LogP contribution in [0.2, 0.25) is 0 Å². The molecule has 45 heavy (non-hydrogen) atoms. The molecule has 0 aliphatic rings. The second kappa shape index (κ2) is 23.4. The van der Waals surface area contributed by atoms with Crippen LogP contribution in [0.15, 0.2) is 63.1 Å². The molecule has 0 aliphatic heterocycles. The van der Waals surface area contributed by atoms with Crippen molar-refractivity contribution < 1.29 is 102 Å². The molecule has 16 nitrogen and oxygen atoms in total. The summed E-state index contributed by atoms with van der Waals surface area (Å²) in [5, 5.41) is 13.8. The number of amides is 1. The van der Waals surface area contributed by atoms with Gasteiger partial charge in [-0.1, -0.05) is 16.9 Å². The molecule has 0 aliphatic carbocycles. The molecule has 3 unspecified atom stereocenters. The number of nitrogens with one attached hydrogen (secondary N) is 2. The van der Waals surface area contributed by atoms with Gasteiger partial charge in [0, 0.05) is 6.54 Å². The number of carbonyl (C=O) groups excluding carboxylic acids is 1. The van der Waals surface area contributed by atoms with Crippen molar-refractivity contribution >= 4 is 70.8 Å². The molecule has 3 atom stereocenters. The summed E-state index contributed by atoms with van der Waals surface area (Å²) in [6.45, 7) is -0.505. The minimum absolute atomic E-state index is 0. The second-order valence-electron chi connectivity index (χ2n) is 8.30. The number of nitrogens with zero attached hydrogens (tertiary/aromatic N) is 5. The van der Waals surface area contributed by atoms with Crippen molar-refractivity contribution in [3.8, 4) is 11.5 Å². The Balaban J connectivity index is 0.00000968. The van der Waals surface area contributed by atoms with Crippen molar-refractivity contribution in [2.45, 2.75) is 6.42 Å². The summed E-state index contributed by atoms with van der Waals surface area (Å²) in [5.74, 6) is 0.359. The maximum absolute atomic E-state index is 12.1. The quantitative estimate of drug-likeness (QED) is 0.0551. The predicted octanol–water partition coefficient (Wildman–Crippen LogP) is -2.13. The van der Waals surface area contributed by atoms with Crippen LogP contribution in [-0.4, -0.2) is 64.3 Å². The number of rotatable bonds is 18. The van der Waals surface area contributed by atoms with Crippen LogP contribution in [0.1, 0.15) is 11.1 Å². The normalized spacial score (nSPS) is 14.4. The third-order valence-corrected chi connectivity index (χ3v) is 10.0. The van der Waals surface area contributed by atoms with E-state index in [1.54, 1.807) is 61.8 Å². The van der Waals surface area contributed by atoms with Gasteiger partial charge in [0.15, 0.2) is 11.5 Å². The zero-order chi connectivity index (χ0) is 31.9. The van der Waals surface area contributed by atoms with Crippen LogP contribution in [0.4, 0.5) is 0 Å². The van der Waals surface area contributed by atoms with E-state index in [-0.39, 0.29) is 65.7 Å². The Morgan fingerprint density at radius 3 is 2.22 bits per heavy atom. The summed E-state index contributed by atoms with van der Waals surface area (Å²) in [7, 11) is -8.25. The van der Waals surface area contributed by atoms with E-state index in [1.807, 2.05) is 0 Å². The molecule has 0 saturated heterocycles. The zero-order valence-corrected chi connectivity index (χ0v) is 34.5. The molecule has 4 N–H and O–H groups in total. The molecule has 1 amide bonds. The fourth-order valence-electron chi connectivity index (χ4n) is 3.05. The van der Waals surface area contributed by atoms with E-state index in [2.05, 4.69) is 19.8 Å². The van der Waals surface area contributed by atoms with E-state index in [0.717, 1.165) is 11.1 Å². The molecule has 0 spiro atoms. The summed E-state index contributed by atoms with van der Waals surface area (Å²) in [5.41, 5.74) is 1.64. The zero-order valence-electron chi connectivity index (χ0n) is 24.3.